The zero-order chi connectivity index (χ0) is 14.1. The largest absolute Gasteiger partial charge is 0.500 e. The van der Waals surface area contributed by atoms with Crippen LogP contribution in [0, 0.1) is 0 Å². The van der Waals surface area contributed by atoms with Gasteiger partial charge in [-0.15, -0.1) is 0 Å². The molecule has 1 aromatic carbocycles. The summed E-state index contributed by atoms with van der Waals surface area (Å²) in [5, 5.41) is 3.32. The van der Waals surface area contributed by atoms with Crippen molar-refractivity contribution in [3.63, 3.8) is 0 Å². The monoisotopic (exact) mass is 284 g/mol. The molecule has 0 aromatic heterocycles. The molecular weight excluding hydrogens is 260 g/mol. The van der Waals surface area contributed by atoms with E-state index < -0.39 is 8.80 Å². The third-order valence-corrected chi connectivity index (χ3v) is 5.84. The van der Waals surface area contributed by atoms with Crippen LogP contribution < -0.4 is 11.1 Å². The Morgan fingerprint density at radius 2 is 1.74 bits per heavy atom. The van der Waals surface area contributed by atoms with Crippen LogP contribution in [0.4, 0.5) is 5.69 Å². The highest BCUT2D eigenvalue weighted by atomic mass is 28.4. The Labute approximate surface area is 116 Å². The van der Waals surface area contributed by atoms with Crippen molar-refractivity contribution in [2.75, 3.05) is 39.7 Å². The van der Waals surface area contributed by atoms with Crippen molar-refractivity contribution in [2.24, 2.45) is 5.73 Å². The van der Waals surface area contributed by atoms with Gasteiger partial charge in [0.05, 0.1) is 0 Å². The van der Waals surface area contributed by atoms with Gasteiger partial charge in [-0.05, 0) is 18.1 Å². The van der Waals surface area contributed by atoms with Gasteiger partial charge in [0.15, 0.2) is 0 Å². The first-order valence-electron chi connectivity index (χ1n) is 6.38. The predicted octanol–water partition coefficient (Wildman–Crippen LogP) is 1.48. The lowest BCUT2D eigenvalue weighted by atomic mass is 10.1. The Hall–Kier alpha value is -0.923. The molecule has 0 saturated carbocycles. The Balaban J connectivity index is 2.71. The van der Waals surface area contributed by atoms with Gasteiger partial charge in [-0.25, -0.2) is 0 Å². The third kappa shape index (κ3) is 4.59. The summed E-state index contributed by atoms with van der Waals surface area (Å²) in [6, 6.07) is 8.94. The quantitative estimate of drug-likeness (QED) is 0.672. The second-order valence-electron chi connectivity index (χ2n) is 4.17. The number of aryl methyl sites for hydroxylation is 1. The van der Waals surface area contributed by atoms with E-state index >= 15 is 0 Å². The van der Waals surface area contributed by atoms with Gasteiger partial charge in [-0.1, -0.05) is 18.2 Å². The van der Waals surface area contributed by atoms with E-state index in [9.17, 15) is 0 Å². The fourth-order valence-electron chi connectivity index (χ4n) is 1.96. The maximum absolute atomic E-state index is 5.52. The van der Waals surface area contributed by atoms with Crippen LogP contribution in [0.1, 0.15) is 5.56 Å². The second kappa shape index (κ2) is 8.29. The molecule has 0 amide bonds. The van der Waals surface area contributed by atoms with Gasteiger partial charge in [0, 0.05) is 46.2 Å². The highest BCUT2D eigenvalue weighted by Gasteiger charge is 2.37. The summed E-state index contributed by atoms with van der Waals surface area (Å²) in [5.74, 6) is 0. The fraction of sp³-hybridized carbons (Fsp3) is 0.538. The van der Waals surface area contributed by atoms with Crippen LogP contribution in [0.15, 0.2) is 24.3 Å². The number of hydrogen-bond donors (Lipinski definition) is 2. The van der Waals surface area contributed by atoms with Gasteiger partial charge in [-0.3, -0.25) is 0 Å². The third-order valence-electron chi connectivity index (χ3n) is 3.11. The van der Waals surface area contributed by atoms with Crippen LogP contribution in [-0.2, 0) is 19.7 Å². The molecule has 1 rings (SSSR count). The number of hydrogen-bond acceptors (Lipinski definition) is 5. The SMILES string of the molecule is CO[Si](CCc1ccccc1NCCN)(OC)OC. The zero-order valence-electron chi connectivity index (χ0n) is 11.9. The average Bonchev–Trinajstić information content (AvgIpc) is 2.48. The van der Waals surface area contributed by atoms with Gasteiger partial charge in [0.1, 0.15) is 0 Å². The van der Waals surface area contributed by atoms with Crippen LogP contribution in [-0.4, -0.2) is 43.2 Å². The highest BCUT2D eigenvalue weighted by Crippen LogP contribution is 2.21. The molecule has 108 valence electrons. The van der Waals surface area contributed by atoms with Gasteiger partial charge in [0.25, 0.3) is 0 Å². The molecule has 0 aliphatic carbocycles. The Kier molecular flexibility index (Phi) is 7.04. The van der Waals surface area contributed by atoms with Crippen molar-refractivity contribution in [2.45, 2.75) is 12.5 Å². The van der Waals surface area contributed by atoms with Crippen molar-refractivity contribution in [1.82, 2.24) is 0 Å². The van der Waals surface area contributed by atoms with Crippen LogP contribution >= 0.6 is 0 Å². The summed E-state index contributed by atoms with van der Waals surface area (Å²) in [6.07, 6.45) is 0.843. The average molecular weight is 284 g/mol. The first-order chi connectivity index (χ1) is 9.21. The standard InChI is InChI=1S/C13H24N2O3Si/c1-16-19(17-2,18-3)11-8-12-6-4-5-7-13(12)15-10-9-14/h4-7,15H,8-11,14H2,1-3H3. The molecule has 19 heavy (non-hydrogen) atoms. The molecule has 5 nitrogen and oxygen atoms in total. The lowest BCUT2D eigenvalue weighted by molar-refractivity contribution is 0.124. The summed E-state index contributed by atoms with van der Waals surface area (Å²) in [6.45, 7) is 1.37. The molecule has 3 N–H and O–H groups in total. The number of para-hydroxylation sites is 1. The van der Waals surface area contributed by atoms with E-state index in [0.29, 0.717) is 6.54 Å². The molecule has 0 spiro atoms. The first kappa shape index (κ1) is 16.1. The molecule has 0 bridgehead atoms. The van der Waals surface area contributed by atoms with E-state index in [2.05, 4.69) is 17.4 Å². The molecule has 6 heteroatoms. The van der Waals surface area contributed by atoms with Crippen molar-refractivity contribution in [1.29, 1.82) is 0 Å². The number of benzene rings is 1. The molecule has 0 radical (unpaired) electrons. The minimum atomic E-state index is -2.51. The number of nitrogens with two attached hydrogens (primary N) is 1. The molecule has 1 aromatic rings. The zero-order valence-corrected chi connectivity index (χ0v) is 12.9. The minimum Gasteiger partial charge on any atom is -0.384 e. The summed E-state index contributed by atoms with van der Waals surface area (Å²) in [5.41, 5.74) is 7.85. The van der Waals surface area contributed by atoms with Gasteiger partial charge in [0.2, 0.25) is 0 Å². The van der Waals surface area contributed by atoms with E-state index in [1.807, 2.05) is 12.1 Å². The van der Waals surface area contributed by atoms with Crippen LogP contribution in [0.2, 0.25) is 6.04 Å². The van der Waals surface area contributed by atoms with Crippen molar-refractivity contribution >= 4 is 14.5 Å². The van der Waals surface area contributed by atoms with Gasteiger partial charge in [-0.2, -0.15) is 0 Å². The highest BCUT2D eigenvalue weighted by molar-refractivity contribution is 6.60. The van der Waals surface area contributed by atoms with Crippen molar-refractivity contribution < 1.29 is 13.3 Å². The van der Waals surface area contributed by atoms with E-state index in [1.54, 1.807) is 21.3 Å². The number of rotatable bonds is 9. The van der Waals surface area contributed by atoms with E-state index in [4.69, 9.17) is 19.0 Å². The molecule has 0 atom stereocenters. The van der Waals surface area contributed by atoms with E-state index in [-0.39, 0.29) is 0 Å². The van der Waals surface area contributed by atoms with Crippen molar-refractivity contribution in [3.05, 3.63) is 29.8 Å². The van der Waals surface area contributed by atoms with Crippen LogP contribution in [0.5, 0.6) is 0 Å². The maximum atomic E-state index is 5.52. The molecule has 0 fully saturated rings. The molecule has 0 unspecified atom stereocenters. The van der Waals surface area contributed by atoms with E-state index in [0.717, 1.165) is 24.7 Å². The smallest absolute Gasteiger partial charge is 0.384 e. The maximum Gasteiger partial charge on any atom is 0.500 e. The number of nitrogens with one attached hydrogen (secondary N) is 1. The topological polar surface area (TPSA) is 65.7 Å². The Morgan fingerprint density at radius 3 is 2.32 bits per heavy atom. The van der Waals surface area contributed by atoms with Crippen molar-refractivity contribution in [3.8, 4) is 0 Å². The number of anilines is 1. The van der Waals surface area contributed by atoms with Gasteiger partial charge < -0.3 is 24.3 Å². The molecule has 0 aliphatic heterocycles. The minimum absolute atomic E-state index is 0.612. The Bertz CT molecular complexity index is 364. The molecular formula is C13H24N2O3Si. The lowest BCUT2D eigenvalue weighted by Crippen LogP contribution is -2.43. The fourth-order valence-corrected chi connectivity index (χ4v) is 3.65. The van der Waals surface area contributed by atoms with Crippen LogP contribution in [0.25, 0.3) is 0 Å². The van der Waals surface area contributed by atoms with Gasteiger partial charge >= 0.3 is 8.80 Å². The van der Waals surface area contributed by atoms with Crippen LogP contribution in [0.3, 0.4) is 0 Å². The first-order valence-corrected chi connectivity index (χ1v) is 8.32. The summed E-state index contributed by atoms with van der Waals surface area (Å²) >= 11 is 0. The normalized spacial score (nSPS) is 11.6. The molecule has 0 aliphatic rings. The summed E-state index contributed by atoms with van der Waals surface area (Å²) in [4.78, 5) is 0. The van der Waals surface area contributed by atoms with E-state index in [1.165, 1.54) is 5.56 Å². The summed E-state index contributed by atoms with van der Waals surface area (Å²) in [7, 11) is 2.40. The Morgan fingerprint density at radius 1 is 1.11 bits per heavy atom. The molecule has 0 saturated heterocycles. The predicted molar refractivity (Wildman–Crippen MR) is 79.3 cm³/mol. The lowest BCUT2D eigenvalue weighted by Gasteiger charge is -2.24. The second-order valence-corrected chi connectivity index (χ2v) is 7.26. The summed E-state index contributed by atoms with van der Waals surface area (Å²) < 4.78 is 16.3. The molecule has 0 heterocycles.